The number of amides is 1. The highest BCUT2D eigenvalue weighted by Crippen LogP contribution is 2.18. The van der Waals surface area contributed by atoms with Crippen molar-refractivity contribution < 1.29 is 23.2 Å². The van der Waals surface area contributed by atoms with E-state index in [9.17, 15) is 9.59 Å². The number of furan rings is 1. The molecule has 0 bridgehead atoms. The molecule has 0 N–H and O–H groups in total. The maximum absolute atomic E-state index is 12.6. The molecule has 3 aromatic rings. The highest BCUT2D eigenvalue weighted by Gasteiger charge is 2.16. The van der Waals surface area contributed by atoms with Gasteiger partial charge >= 0.3 is 5.97 Å². The molecule has 3 rings (SSSR count). The Kier molecular flexibility index (Phi) is 6.57. The minimum atomic E-state index is -0.404. The number of benzene rings is 1. The van der Waals surface area contributed by atoms with Gasteiger partial charge in [-0.15, -0.1) is 10.2 Å². The van der Waals surface area contributed by atoms with Gasteiger partial charge in [0.2, 0.25) is 11.8 Å². The molecule has 0 aliphatic rings. The fourth-order valence-electron chi connectivity index (χ4n) is 2.64. The van der Waals surface area contributed by atoms with E-state index in [1.807, 2.05) is 6.92 Å². The fraction of sp³-hybridized carbons (Fsp3) is 0.238. The lowest BCUT2D eigenvalue weighted by Crippen LogP contribution is -2.29. The maximum Gasteiger partial charge on any atom is 0.337 e. The Hall–Kier alpha value is -3.68. The molecule has 0 spiro atoms. The number of rotatable bonds is 8. The summed E-state index contributed by atoms with van der Waals surface area (Å²) in [6, 6.07) is 10.2. The van der Waals surface area contributed by atoms with Crippen LogP contribution >= 0.6 is 0 Å². The van der Waals surface area contributed by atoms with Crippen LogP contribution in [0.15, 0.2) is 57.6 Å². The van der Waals surface area contributed by atoms with Crippen molar-refractivity contribution in [2.75, 3.05) is 13.7 Å². The van der Waals surface area contributed by atoms with Crippen molar-refractivity contribution in [1.29, 1.82) is 0 Å². The second-order valence-electron chi connectivity index (χ2n) is 6.18. The number of carbonyl (C=O) groups is 2. The molecule has 2 heterocycles. The summed E-state index contributed by atoms with van der Waals surface area (Å²) < 4.78 is 15.5. The average Bonchev–Trinajstić information content (AvgIpc) is 3.43. The van der Waals surface area contributed by atoms with Crippen molar-refractivity contribution in [2.24, 2.45) is 0 Å². The smallest absolute Gasteiger partial charge is 0.337 e. The van der Waals surface area contributed by atoms with Crippen LogP contribution in [0.25, 0.3) is 17.7 Å². The van der Waals surface area contributed by atoms with Gasteiger partial charge in [0, 0.05) is 12.6 Å². The van der Waals surface area contributed by atoms with Gasteiger partial charge in [-0.3, -0.25) is 4.79 Å². The van der Waals surface area contributed by atoms with Crippen LogP contribution in [0.1, 0.15) is 35.2 Å². The van der Waals surface area contributed by atoms with E-state index in [-0.39, 0.29) is 18.3 Å². The van der Waals surface area contributed by atoms with Gasteiger partial charge in [-0.05, 0) is 42.3 Å². The molecule has 0 fully saturated rings. The molecule has 0 aliphatic carbocycles. The molecular formula is C21H21N3O5. The van der Waals surface area contributed by atoms with Gasteiger partial charge in [-0.1, -0.05) is 19.1 Å². The van der Waals surface area contributed by atoms with Crippen LogP contribution in [0.2, 0.25) is 0 Å². The van der Waals surface area contributed by atoms with Gasteiger partial charge < -0.3 is 18.5 Å². The predicted octanol–water partition coefficient (Wildman–Crippen LogP) is 3.57. The highest BCUT2D eigenvalue weighted by atomic mass is 16.5. The molecule has 0 saturated carbocycles. The molecule has 0 saturated heterocycles. The summed E-state index contributed by atoms with van der Waals surface area (Å²) in [5.74, 6) is 0.498. The number of ether oxygens (including phenoxy) is 1. The first-order chi connectivity index (χ1) is 14.1. The average molecular weight is 395 g/mol. The summed E-state index contributed by atoms with van der Waals surface area (Å²) in [5, 5.41) is 7.94. The number of nitrogens with zero attached hydrogens (tertiary/aromatic N) is 3. The minimum absolute atomic E-state index is 0.179. The predicted molar refractivity (Wildman–Crippen MR) is 105 cm³/mol. The number of carbonyl (C=O) groups excluding carboxylic acids is 2. The Morgan fingerprint density at radius 1 is 1.17 bits per heavy atom. The van der Waals surface area contributed by atoms with Crippen LogP contribution in [0, 0.1) is 0 Å². The third-order valence-corrected chi connectivity index (χ3v) is 4.08. The standard InChI is InChI=1S/C21H21N3O5/c1-3-12-24(14-18-22-23-20(29-18)17-5-4-13-28-17)19(25)11-8-15-6-9-16(10-7-15)21(26)27-2/h4-11,13H,3,12,14H2,1-2H3/b11-8+. The van der Waals surface area contributed by atoms with Gasteiger partial charge in [0.1, 0.15) is 0 Å². The Balaban J connectivity index is 1.66. The Labute approximate surface area is 167 Å². The summed E-state index contributed by atoms with van der Waals surface area (Å²) in [5.41, 5.74) is 1.24. The molecule has 0 radical (unpaired) electrons. The summed E-state index contributed by atoms with van der Waals surface area (Å²) in [6.07, 6.45) is 5.47. The largest absolute Gasteiger partial charge is 0.465 e. The SMILES string of the molecule is CCCN(Cc1nnc(-c2ccco2)o1)C(=O)/C=C/c1ccc(C(=O)OC)cc1. The molecule has 29 heavy (non-hydrogen) atoms. The van der Waals surface area contributed by atoms with Crippen LogP contribution in [-0.2, 0) is 16.1 Å². The van der Waals surface area contributed by atoms with Crippen molar-refractivity contribution >= 4 is 18.0 Å². The molecule has 0 unspecified atom stereocenters. The topological polar surface area (TPSA) is 98.7 Å². The lowest BCUT2D eigenvalue weighted by Gasteiger charge is -2.18. The van der Waals surface area contributed by atoms with Gasteiger partial charge in [0.25, 0.3) is 5.89 Å². The first-order valence-electron chi connectivity index (χ1n) is 9.12. The second kappa shape index (κ2) is 9.50. The first kappa shape index (κ1) is 20.1. The van der Waals surface area contributed by atoms with E-state index in [1.54, 1.807) is 47.4 Å². The summed E-state index contributed by atoms with van der Waals surface area (Å²) >= 11 is 0. The number of hydrogen-bond acceptors (Lipinski definition) is 7. The van der Waals surface area contributed by atoms with Crippen LogP contribution < -0.4 is 0 Å². The number of aromatic nitrogens is 2. The third kappa shape index (κ3) is 5.19. The summed E-state index contributed by atoms with van der Waals surface area (Å²) in [4.78, 5) is 25.7. The lowest BCUT2D eigenvalue weighted by molar-refractivity contribution is -0.126. The molecule has 2 aromatic heterocycles. The molecule has 0 atom stereocenters. The van der Waals surface area contributed by atoms with E-state index in [0.717, 1.165) is 12.0 Å². The van der Waals surface area contributed by atoms with E-state index in [2.05, 4.69) is 14.9 Å². The van der Waals surface area contributed by atoms with Crippen LogP contribution in [-0.4, -0.2) is 40.6 Å². The molecule has 8 nitrogen and oxygen atoms in total. The number of hydrogen-bond donors (Lipinski definition) is 0. The van der Waals surface area contributed by atoms with Crippen molar-refractivity contribution in [2.45, 2.75) is 19.9 Å². The van der Waals surface area contributed by atoms with Crippen LogP contribution in [0.4, 0.5) is 0 Å². The van der Waals surface area contributed by atoms with E-state index in [1.165, 1.54) is 19.4 Å². The van der Waals surface area contributed by atoms with Gasteiger partial charge in [-0.2, -0.15) is 0 Å². The van der Waals surface area contributed by atoms with Crippen LogP contribution in [0.3, 0.4) is 0 Å². The first-order valence-corrected chi connectivity index (χ1v) is 9.12. The summed E-state index contributed by atoms with van der Waals surface area (Å²) in [6.45, 7) is 2.73. The monoisotopic (exact) mass is 395 g/mol. The van der Waals surface area contributed by atoms with Crippen LogP contribution in [0.5, 0.6) is 0 Å². The third-order valence-electron chi connectivity index (χ3n) is 4.08. The normalized spacial score (nSPS) is 11.0. The Bertz CT molecular complexity index is 974. The molecule has 1 aromatic carbocycles. The van der Waals surface area contributed by atoms with Gasteiger partial charge in [-0.25, -0.2) is 4.79 Å². The molecule has 1 amide bonds. The Morgan fingerprint density at radius 2 is 1.97 bits per heavy atom. The molecule has 0 aliphatic heterocycles. The van der Waals surface area contributed by atoms with Crippen molar-refractivity contribution in [3.8, 4) is 11.7 Å². The zero-order chi connectivity index (χ0) is 20.6. The van der Waals surface area contributed by atoms with Gasteiger partial charge in [0.15, 0.2) is 5.76 Å². The summed E-state index contributed by atoms with van der Waals surface area (Å²) in [7, 11) is 1.33. The van der Waals surface area contributed by atoms with Crippen molar-refractivity contribution in [3.05, 3.63) is 65.8 Å². The van der Waals surface area contributed by atoms with E-state index >= 15 is 0 Å². The Morgan fingerprint density at radius 3 is 2.62 bits per heavy atom. The van der Waals surface area contributed by atoms with E-state index in [4.69, 9.17) is 8.83 Å². The zero-order valence-electron chi connectivity index (χ0n) is 16.2. The second-order valence-corrected chi connectivity index (χ2v) is 6.18. The molecular weight excluding hydrogens is 374 g/mol. The lowest BCUT2D eigenvalue weighted by atomic mass is 10.1. The number of methoxy groups -OCH3 is 1. The van der Waals surface area contributed by atoms with Gasteiger partial charge in [0.05, 0.1) is 25.5 Å². The quantitative estimate of drug-likeness (QED) is 0.425. The minimum Gasteiger partial charge on any atom is -0.465 e. The zero-order valence-corrected chi connectivity index (χ0v) is 16.2. The molecule has 8 heteroatoms. The maximum atomic E-state index is 12.6. The van der Waals surface area contributed by atoms with Crippen molar-refractivity contribution in [3.63, 3.8) is 0 Å². The van der Waals surface area contributed by atoms with E-state index < -0.39 is 5.97 Å². The van der Waals surface area contributed by atoms with E-state index in [0.29, 0.717) is 23.8 Å². The van der Waals surface area contributed by atoms with Crippen molar-refractivity contribution in [1.82, 2.24) is 15.1 Å². The fourth-order valence-corrected chi connectivity index (χ4v) is 2.64. The molecule has 150 valence electrons. The number of esters is 1. The highest BCUT2D eigenvalue weighted by molar-refractivity contribution is 5.92.